The monoisotopic (exact) mass is 380 g/mol. The zero-order valence-corrected chi connectivity index (χ0v) is 16.0. The van der Waals surface area contributed by atoms with Gasteiger partial charge in [-0.2, -0.15) is 0 Å². The second kappa shape index (κ2) is 9.08. The number of hydrogen-bond acceptors (Lipinski definition) is 4. The summed E-state index contributed by atoms with van der Waals surface area (Å²) in [7, 11) is 1.58. The van der Waals surface area contributed by atoms with Gasteiger partial charge in [0.05, 0.1) is 13.7 Å². The van der Waals surface area contributed by atoms with Gasteiger partial charge in [-0.1, -0.05) is 6.07 Å². The number of carbonyl (C=O) groups excluding carboxylic acids is 2. The molecule has 0 atom stereocenters. The van der Waals surface area contributed by atoms with E-state index in [1.54, 1.807) is 37.5 Å². The Balaban J connectivity index is 1.58. The Hall–Kier alpha value is -3.28. The molecule has 1 saturated carbocycles. The van der Waals surface area contributed by atoms with Gasteiger partial charge in [0, 0.05) is 23.4 Å². The molecular weight excluding hydrogens is 356 g/mol. The molecule has 0 bridgehead atoms. The third-order valence-electron chi connectivity index (χ3n) is 4.24. The molecule has 0 saturated heterocycles. The summed E-state index contributed by atoms with van der Waals surface area (Å²) in [5.74, 6) is 0.939. The third kappa shape index (κ3) is 5.36. The van der Waals surface area contributed by atoms with E-state index in [4.69, 9.17) is 9.47 Å². The van der Waals surface area contributed by atoms with Gasteiger partial charge < -0.3 is 20.1 Å². The maximum Gasteiger partial charge on any atom is 0.251 e. The molecule has 1 aliphatic rings. The fourth-order valence-electron chi connectivity index (χ4n) is 2.62. The van der Waals surface area contributed by atoms with Crippen molar-refractivity contribution >= 4 is 23.6 Å². The molecule has 0 radical (unpaired) electrons. The first-order valence-electron chi connectivity index (χ1n) is 9.30. The van der Waals surface area contributed by atoms with E-state index in [1.165, 1.54) is 6.08 Å². The summed E-state index contributed by atoms with van der Waals surface area (Å²) in [6.45, 7) is 2.46. The van der Waals surface area contributed by atoms with Crippen LogP contribution in [0.1, 0.15) is 35.7 Å². The number of rotatable bonds is 8. The van der Waals surface area contributed by atoms with E-state index in [1.807, 2.05) is 25.1 Å². The summed E-state index contributed by atoms with van der Waals surface area (Å²) in [6.07, 6.45) is 5.24. The van der Waals surface area contributed by atoms with Gasteiger partial charge in [0.2, 0.25) is 5.91 Å². The van der Waals surface area contributed by atoms with Crippen LogP contribution in [0.2, 0.25) is 0 Å². The van der Waals surface area contributed by atoms with Gasteiger partial charge in [0.1, 0.15) is 0 Å². The highest BCUT2D eigenvalue weighted by molar-refractivity contribution is 6.02. The lowest BCUT2D eigenvalue weighted by molar-refractivity contribution is -0.111. The Morgan fingerprint density at radius 1 is 1.11 bits per heavy atom. The average molecular weight is 380 g/mol. The highest BCUT2D eigenvalue weighted by Crippen LogP contribution is 2.28. The molecule has 0 spiro atoms. The molecule has 3 rings (SSSR count). The number of nitrogens with one attached hydrogen (secondary N) is 2. The van der Waals surface area contributed by atoms with Gasteiger partial charge in [0.15, 0.2) is 11.5 Å². The van der Waals surface area contributed by atoms with Gasteiger partial charge >= 0.3 is 0 Å². The van der Waals surface area contributed by atoms with Crippen LogP contribution in [0.5, 0.6) is 11.5 Å². The Kier molecular flexibility index (Phi) is 6.32. The minimum absolute atomic E-state index is 0.0790. The van der Waals surface area contributed by atoms with E-state index >= 15 is 0 Å². The maximum atomic E-state index is 12.1. The maximum absolute atomic E-state index is 12.1. The summed E-state index contributed by atoms with van der Waals surface area (Å²) in [4.78, 5) is 24.1. The normalized spacial score (nSPS) is 13.2. The van der Waals surface area contributed by atoms with Crippen molar-refractivity contribution in [1.82, 2.24) is 5.32 Å². The summed E-state index contributed by atoms with van der Waals surface area (Å²) < 4.78 is 10.8. The molecule has 146 valence electrons. The Labute approximate surface area is 164 Å². The highest BCUT2D eigenvalue weighted by atomic mass is 16.5. The highest BCUT2D eigenvalue weighted by Gasteiger charge is 2.23. The molecule has 1 aliphatic carbocycles. The number of hydrogen-bond donors (Lipinski definition) is 2. The van der Waals surface area contributed by atoms with E-state index in [9.17, 15) is 9.59 Å². The standard InChI is InChI=1S/C22H24N2O4/c1-3-28-19-12-4-15(14-20(19)27-2)5-13-21(25)23-17-8-6-16(7-9-17)22(26)24-18-10-11-18/h4-9,12-14,18H,3,10-11H2,1-2H3,(H,23,25)(H,24,26)/b13-5+. The molecule has 2 N–H and O–H groups in total. The van der Waals surface area contributed by atoms with Crippen molar-refractivity contribution in [2.45, 2.75) is 25.8 Å². The SMILES string of the molecule is CCOc1ccc(/C=C/C(=O)Nc2ccc(C(=O)NC3CC3)cc2)cc1OC. The molecule has 2 aromatic carbocycles. The fourth-order valence-corrected chi connectivity index (χ4v) is 2.62. The van der Waals surface area contributed by atoms with Crippen molar-refractivity contribution in [3.63, 3.8) is 0 Å². The van der Waals surface area contributed by atoms with Gasteiger partial charge in [-0.25, -0.2) is 0 Å². The van der Waals surface area contributed by atoms with Crippen LogP contribution in [0.25, 0.3) is 6.08 Å². The topological polar surface area (TPSA) is 76.7 Å². The van der Waals surface area contributed by atoms with Crippen molar-refractivity contribution in [3.05, 3.63) is 59.7 Å². The molecule has 2 amide bonds. The predicted molar refractivity (Wildman–Crippen MR) is 109 cm³/mol. The minimum atomic E-state index is -0.261. The number of ether oxygens (including phenoxy) is 2. The van der Waals surface area contributed by atoms with Gasteiger partial charge in [-0.3, -0.25) is 9.59 Å². The predicted octanol–water partition coefficient (Wildman–Crippen LogP) is 3.64. The van der Waals surface area contributed by atoms with Crippen LogP contribution in [0.3, 0.4) is 0 Å². The van der Waals surface area contributed by atoms with E-state index in [2.05, 4.69) is 10.6 Å². The number of benzene rings is 2. The molecule has 0 aromatic heterocycles. The van der Waals surface area contributed by atoms with Crippen molar-refractivity contribution in [2.24, 2.45) is 0 Å². The van der Waals surface area contributed by atoms with Crippen LogP contribution >= 0.6 is 0 Å². The number of anilines is 1. The van der Waals surface area contributed by atoms with E-state index in [0.29, 0.717) is 35.4 Å². The summed E-state index contributed by atoms with van der Waals surface area (Å²) in [5.41, 5.74) is 2.03. The summed E-state index contributed by atoms with van der Waals surface area (Å²) >= 11 is 0. The van der Waals surface area contributed by atoms with Crippen LogP contribution in [0.15, 0.2) is 48.5 Å². The lowest BCUT2D eigenvalue weighted by Crippen LogP contribution is -2.25. The smallest absolute Gasteiger partial charge is 0.251 e. The first kappa shape index (κ1) is 19.5. The van der Waals surface area contributed by atoms with Crippen molar-refractivity contribution in [1.29, 1.82) is 0 Å². The van der Waals surface area contributed by atoms with Gasteiger partial charge in [-0.05, 0) is 67.8 Å². The Morgan fingerprint density at radius 2 is 1.86 bits per heavy atom. The molecular formula is C22H24N2O4. The molecule has 0 heterocycles. The molecule has 28 heavy (non-hydrogen) atoms. The van der Waals surface area contributed by atoms with Crippen LogP contribution in [-0.4, -0.2) is 31.6 Å². The Bertz CT molecular complexity index is 871. The molecule has 1 fully saturated rings. The zero-order chi connectivity index (χ0) is 19.9. The van der Waals surface area contributed by atoms with E-state index in [0.717, 1.165) is 18.4 Å². The summed E-state index contributed by atoms with van der Waals surface area (Å²) in [6, 6.07) is 12.6. The Morgan fingerprint density at radius 3 is 2.50 bits per heavy atom. The van der Waals surface area contributed by atoms with Crippen molar-refractivity contribution in [3.8, 4) is 11.5 Å². The second-order valence-corrected chi connectivity index (χ2v) is 6.49. The van der Waals surface area contributed by atoms with Gasteiger partial charge in [-0.15, -0.1) is 0 Å². The average Bonchev–Trinajstić information content (AvgIpc) is 3.52. The number of amides is 2. The van der Waals surface area contributed by atoms with E-state index < -0.39 is 0 Å². The first-order chi connectivity index (χ1) is 13.6. The van der Waals surface area contributed by atoms with Crippen molar-refractivity contribution < 1.29 is 19.1 Å². The molecule has 6 nitrogen and oxygen atoms in total. The lowest BCUT2D eigenvalue weighted by Gasteiger charge is -2.09. The number of carbonyl (C=O) groups is 2. The van der Waals surface area contributed by atoms with Crippen LogP contribution in [-0.2, 0) is 4.79 Å². The van der Waals surface area contributed by atoms with E-state index in [-0.39, 0.29) is 11.8 Å². The van der Waals surface area contributed by atoms with Crippen LogP contribution in [0, 0.1) is 0 Å². The fraction of sp³-hybridized carbons (Fsp3) is 0.273. The van der Waals surface area contributed by atoms with Gasteiger partial charge in [0.25, 0.3) is 5.91 Å². The largest absolute Gasteiger partial charge is 0.493 e. The quantitative estimate of drug-likeness (QED) is 0.686. The second-order valence-electron chi connectivity index (χ2n) is 6.49. The minimum Gasteiger partial charge on any atom is -0.493 e. The first-order valence-corrected chi connectivity index (χ1v) is 9.30. The van der Waals surface area contributed by atoms with Crippen LogP contribution < -0.4 is 20.1 Å². The molecule has 0 aliphatic heterocycles. The van der Waals surface area contributed by atoms with Crippen LogP contribution in [0.4, 0.5) is 5.69 Å². The zero-order valence-electron chi connectivity index (χ0n) is 16.0. The third-order valence-corrected chi connectivity index (χ3v) is 4.24. The number of methoxy groups -OCH3 is 1. The molecule has 6 heteroatoms. The van der Waals surface area contributed by atoms with Crippen molar-refractivity contribution in [2.75, 3.05) is 19.0 Å². The lowest BCUT2D eigenvalue weighted by atomic mass is 10.1. The summed E-state index contributed by atoms with van der Waals surface area (Å²) in [5, 5.41) is 5.71. The molecule has 0 unspecified atom stereocenters. The molecule has 2 aromatic rings.